The third-order valence-electron chi connectivity index (χ3n) is 4.72. The van der Waals surface area contributed by atoms with E-state index in [1.54, 1.807) is 0 Å². The highest BCUT2D eigenvalue weighted by Crippen LogP contribution is 2.32. The minimum atomic E-state index is 0.229. The van der Waals surface area contributed by atoms with Gasteiger partial charge in [-0.2, -0.15) is 0 Å². The van der Waals surface area contributed by atoms with Crippen molar-refractivity contribution in [2.45, 2.75) is 57.9 Å². The monoisotopic (exact) mass is 349 g/mol. The van der Waals surface area contributed by atoms with Crippen molar-refractivity contribution in [3.05, 3.63) is 33.8 Å². The van der Waals surface area contributed by atoms with Gasteiger partial charge in [0.2, 0.25) is 0 Å². The summed E-state index contributed by atoms with van der Waals surface area (Å²) < 4.78 is 0.999. The first kappa shape index (κ1) is 15.1. The van der Waals surface area contributed by atoms with Crippen LogP contribution in [0.15, 0.2) is 22.7 Å². The number of hydrogen-bond acceptors (Lipinski definition) is 1. The molecule has 2 aliphatic carbocycles. The molecule has 2 fully saturated rings. The third kappa shape index (κ3) is 3.88. The summed E-state index contributed by atoms with van der Waals surface area (Å²) in [6.45, 7) is 3.01. The number of carbonyl (C=O) groups is 1. The maximum Gasteiger partial charge on any atom is 0.254 e. The Balaban J connectivity index is 1.74. The van der Waals surface area contributed by atoms with Gasteiger partial charge in [-0.3, -0.25) is 4.79 Å². The summed E-state index contributed by atoms with van der Waals surface area (Å²) in [7, 11) is 0. The predicted molar refractivity (Wildman–Crippen MR) is 89.5 cm³/mol. The van der Waals surface area contributed by atoms with Crippen LogP contribution in [0.1, 0.15) is 60.9 Å². The van der Waals surface area contributed by atoms with Crippen LogP contribution in [-0.2, 0) is 0 Å². The summed E-state index contributed by atoms with van der Waals surface area (Å²) in [6, 6.07) is 6.53. The molecule has 2 aliphatic rings. The van der Waals surface area contributed by atoms with Crippen molar-refractivity contribution < 1.29 is 4.79 Å². The highest BCUT2D eigenvalue weighted by atomic mass is 79.9. The highest BCUT2D eigenvalue weighted by Gasteiger charge is 2.34. The molecule has 0 radical (unpaired) electrons. The van der Waals surface area contributed by atoms with Gasteiger partial charge in [0.15, 0.2) is 0 Å². The molecule has 2 nitrogen and oxygen atoms in total. The van der Waals surface area contributed by atoms with Gasteiger partial charge in [-0.05, 0) is 62.3 Å². The minimum absolute atomic E-state index is 0.229. The Labute approximate surface area is 136 Å². The molecule has 0 saturated heterocycles. The van der Waals surface area contributed by atoms with Crippen molar-refractivity contribution >= 4 is 21.8 Å². The number of hydrogen-bond donors (Lipinski definition) is 0. The van der Waals surface area contributed by atoms with Gasteiger partial charge < -0.3 is 4.90 Å². The lowest BCUT2D eigenvalue weighted by atomic mass is 9.88. The molecule has 1 amide bonds. The summed E-state index contributed by atoms with van der Waals surface area (Å²) in [4.78, 5) is 15.1. The fraction of sp³-hybridized carbons (Fsp3) is 0.611. The van der Waals surface area contributed by atoms with Gasteiger partial charge in [0.1, 0.15) is 0 Å². The maximum absolute atomic E-state index is 12.9. The van der Waals surface area contributed by atoms with Crippen LogP contribution in [0, 0.1) is 12.8 Å². The zero-order chi connectivity index (χ0) is 14.8. The smallest absolute Gasteiger partial charge is 0.254 e. The molecule has 114 valence electrons. The van der Waals surface area contributed by atoms with Gasteiger partial charge in [0.05, 0.1) is 0 Å². The first-order valence-corrected chi connectivity index (χ1v) is 9.01. The number of amides is 1. The molecule has 0 spiro atoms. The number of carbonyl (C=O) groups excluding carboxylic acids is 1. The number of nitrogens with zero attached hydrogens (tertiary/aromatic N) is 1. The number of rotatable bonds is 4. The van der Waals surface area contributed by atoms with E-state index < -0.39 is 0 Å². The number of aryl methyl sites for hydroxylation is 1. The molecule has 1 aromatic rings. The molecule has 0 aliphatic heterocycles. The van der Waals surface area contributed by atoms with Crippen LogP contribution in [0.4, 0.5) is 0 Å². The van der Waals surface area contributed by atoms with Crippen molar-refractivity contribution in [1.29, 1.82) is 0 Å². The lowest BCUT2D eigenvalue weighted by molar-refractivity contribution is 0.0698. The van der Waals surface area contributed by atoms with Crippen LogP contribution in [0.5, 0.6) is 0 Å². The van der Waals surface area contributed by atoms with Crippen LogP contribution >= 0.6 is 15.9 Å². The van der Waals surface area contributed by atoms with E-state index in [0.717, 1.165) is 28.1 Å². The van der Waals surface area contributed by atoms with Crippen molar-refractivity contribution in [2.24, 2.45) is 5.92 Å². The molecule has 2 saturated carbocycles. The van der Waals surface area contributed by atoms with Crippen molar-refractivity contribution in [3.63, 3.8) is 0 Å². The first-order valence-electron chi connectivity index (χ1n) is 8.21. The Morgan fingerprint density at radius 3 is 2.48 bits per heavy atom. The summed E-state index contributed by atoms with van der Waals surface area (Å²) in [5.74, 6) is 0.948. The second-order valence-electron chi connectivity index (χ2n) is 6.71. The molecule has 0 bridgehead atoms. The fourth-order valence-electron chi connectivity index (χ4n) is 3.46. The molecule has 0 unspecified atom stereocenters. The van der Waals surface area contributed by atoms with E-state index >= 15 is 0 Å². The van der Waals surface area contributed by atoms with Gasteiger partial charge >= 0.3 is 0 Å². The second-order valence-corrected chi connectivity index (χ2v) is 7.63. The van der Waals surface area contributed by atoms with Crippen molar-refractivity contribution in [2.75, 3.05) is 6.54 Å². The summed E-state index contributed by atoms with van der Waals surface area (Å²) in [6.07, 6.45) is 9.03. The topological polar surface area (TPSA) is 20.3 Å². The van der Waals surface area contributed by atoms with Crippen LogP contribution in [0.25, 0.3) is 0 Å². The SMILES string of the molecule is Cc1cc(Br)cc(C(=O)N(CC2CCCCC2)C2CC2)c1. The third-order valence-corrected chi connectivity index (χ3v) is 5.18. The Morgan fingerprint density at radius 1 is 1.14 bits per heavy atom. The normalized spacial score (nSPS) is 19.5. The lowest BCUT2D eigenvalue weighted by Crippen LogP contribution is -2.37. The van der Waals surface area contributed by atoms with E-state index in [1.165, 1.54) is 44.9 Å². The molecule has 3 rings (SSSR count). The molecule has 21 heavy (non-hydrogen) atoms. The molecular weight excluding hydrogens is 326 g/mol. The lowest BCUT2D eigenvalue weighted by Gasteiger charge is -2.30. The fourth-order valence-corrected chi connectivity index (χ4v) is 4.07. The molecule has 3 heteroatoms. The number of benzene rings is 1. The zero-order valence-corrected chi connectivity index (χ0v) is 14.4. The molecule has 0 atom stereocenters. The van der Waals surface area contributed by atoms with E-state index in [9.17, 15) is 4.79 Å². The Hall–Kier alpha value is -0.830. The summed E-state index contributed by atoms with van der Waals surface area (Å²) >= 11 is 3.51. The molecule has 0 N–H and O–H groups in total. The van der Waals surface area contributed by atoms with Crippen LogP contribution in [-0.4, -0.2) is 23.4 Å². The average Bonchev–Trinajstić information content (AvgIpc) is 3.29. The Bertz CT molecular complexity index is 498. The van der Waals surface area contributed by atoms with Crippen LogP contribution < -0.4 is 0 Å². The summed E-state index contributed by atoms with van der Waals surface area (Å²) in [5.41, 5.74) is 1.98. The van der Waals surface area contributed by atoms with Gasteiger partial charge in [-0.15, -0.1) is 0 Å². The van der Waals surface area contributed by atoms with E-state index in [1.807, 2.05) is 19.1 Å². The molecular formula is C18H24BrNO. The predicted octanol–water partition coefficient (Wildman–Crippen LogP) is 4.94. The first-order chi connectivity index (χ1) is 10.1. The van der Waals surface area contributed by atoms with Crippen molar-refractivity contribution in [3.8, 4) is 0 Å². The minimum Gasteiger partial charge on any atom is -0.335 e. The van der Waals surface area contributed by atoms with E-state index in [0.29, 0.717) is 6.04 Å². The maximum atomic E-state index is 12.9. The number of halogens is 1. The van der Waals surface area contributed by atoms with Gasteiger partial charge in [-0.1, -0.05) is 35.2 Å². The van der Waals surface area contributed by atoms with Gasteiger partial charge in [-0.25, -0.2) is 0 Å². The van der Waals surface area contributed by atoms with Crippen molar-refractivity contribution in [1.82, 2.24) is 4.90 Å². The van der Waals surface area contributed by atoms with Gasteiger partial charge in [0, 0.05) is 22.6 Å². The molecule has 0 heterocycles. The zero-order valence-electron chi connectivity index (χ0n) is 12.8. The Morgan fingerprint density at radius 2 is 1.86 bits per heavy atom. The standard InChI is InChI=1S/C18H24BrNO/c1-13-9-15(11-16(19)10-13)18(21)20(17-7-8-17)12-14-5-3-2-4-6-14/h9-11,14,17H,2-8,12H2,1H3. The molecule has 0 aromatic heterocycles. The second kappa shape index (κ2) is 6.51. The van der Waals surface area contributed by atoms with E-state index in [4.69, 9.17) is 0 Å². The average molecular weight is 350 g/mol. The van der Waals surface area contributed by atoms with Gasteiger partial charge in [0.25, 0.3) is 5.91 Å². The quantitative estimate of drug-likeness (QED) is 0.753. The van der Waals surface area contributed by atoms with E-state index in [-0.39, 0.29) is 5.91 Å². The van der Waals surface area contributed by atoms with Crippen LogP contribution in [0.2, 0.25) is 0 Å². The largest absolute Gasteiger partial charge is 0.335 e. The Kier molecular flexibility index (Phi) is 4.68. The van der Waals surface area contributed by atoms with Crippen LogP contribution in [0.3, 0.4) is 0 Å². The highest BCUT2D eigenvalue weighted by molar-refractivity contribution is 9.10. The molecule has 1 aromatic carbocycles. The summed E-state index contributed by atoms with van der Waals surface area (Å²) in [5, 5.41) is 0. The van der Waals surface area contributed by atoms with E-state index in [2.05, 4.69) is 26.9 Å².